The maximum absolute atomic E-state index is 3.41. The van der Waals surface area contributed by atoms with Crippen LogP contribution < -0.4 is 5.32 Å². The first kappa shape index (κ1) is 13.2. The van der Waals surface area contributed by atoms with E-state index in [1.54, 1.807) is 0 Å². The summed E-state index contributed by atoms with van der Waals surface area (Å²) in [5, 5.41) is 3.41. The van der Waals surface area contributed by atoms with Gasteiger partial charge in [0.25, 0.3) is 0 Å². The second-order valence-electron chi connectivity index (χ2n) is 4.86. The highest BCUT2D eigenvalue weighted by molar-refractivity contribution is 5.33. The molecule has 0 aromatic heterocycles. The first-order chi connectivity index (χ1) is 7.60. The van der Waals surface area contributed by atoms with Gasteiger partial charge in [-0.2, -0.15) is 0 Å². The van der Waals surface area contributed by atoms with E-state index in [0.717, 1.165) is 0 Å². The van der Waals surface area contributed by atoms with Crippen molar-refractivity contribution in [2.75, 3.05) is 7.05 Å². The van der Waals surface area contributed by atoms with E-state index in [1.807, 2.05) is 0 Å². The van der Waals surface area contributed by atoms with Gasteiger partial charge >= 0.3 is 0 Å². The summed E-state index contributed by atoms with van der Waals surface area (Å²) in [5.41, 5.74) is 4.39. The number of nitrogens with one attached hydrogen (secondary N) is 1. The molecule has 1 aromatic rings. The average molecular weight is 219 g/mol. The van der Waals surface area contributed by atoms with E-state index < -0.39 is 0 Å². The molecular formula is C15H25N. The molecule has 0 saturated heterocycles. The van der Waals surface area contributed by atoms with Gasteiger partial charge in [0, 0.05) is 6.04 Å². The zero-order valence-electron chi connectivity index (χ0n) is 11.3. The minimum Gasteiger partial charge on any atom is -0.317 e. The van der Waals surface area contributed by atoms with Gasteiger partial charge in [-0.05, 0) is 56.3 Å². The van der Waals surface area contributed by atoms with Crippen LogP contribution in [0.1, 0.15) is 37.0 Å². The van der Waals surface area contributed by atoms with E-state index in [9.17, 15) is 0 Å². The van der Waals surface area contributed by atoms with Gasteiger partial charge in [0.05, 0.1) is 0 Å². The third-order valence-electron chi connectivity index (χ3n) is 3.67. The molecule has 0 spiro atoms. The molecule has 0 bridgehead atoms. The highest BCUT2D eigenvalue weighted by Crippen LogP contribution is 2.20. The summed E-state index contributed by atoms with van der Waals surface area (Å²) in [6.45, 7) is 9.03. The van der Waals surface area contributed by atoms with Crippen molar-refractivity contribution in [1.82, 2.24) is 5.32 Å². The number of benzene rings is 1. The molecule has 0 aliphatic rings. The van der Waals surface area contributed by atoms with Gasteiger partial charge in [0.15, 0.2) is 0 Å². The van der Waals surface area contributed by atoms with Crippen molar-refractivity contribution in [2.45, 2.75) is 46.6 Å². The molecule has 1 N–H and O–H groups in total. The van der Waals surface area contributed by atoms with Crippen LogP contribution in [0.4, 0.5) is 0 Å². The van der Waals surface area contributed by atoms with Crippen molar-refractivity contribution in [3.05, 3.63) is 34.9 Å². The summed E-state index contributed by atoms with van der Waals surface area (Å²) < 4.78 is 0. The first-order valence-electron chi connectivity index (χ1n) is 6.32. The number of hydrogen-bond acceptors (Lipinski definition) is 1. The maximum Gasteiger partial charge on any atom is 0.00902 e. The molecule has 0 radical (unpaired) electrons. The van der Waals surface area contributed by atoms with E-state index in [1.165, 1.54) is 29.5 Å². The molecule has 0 fully saturated rings. The maximum atomic E-state index is 3.41. The molecule has 1 aromatic carbocycles. The molecule has 16 heavy (non-hydrogen) atoms. The first-order valence-corrected chi connectivity index (χ1v) is 6.32. The lowest BCUT2D eigenvalue weighted by atomic mass is 9.88. The second-order valence-corrected chi connectivity index (χ2v) is 4.86. The Morgan fingerprint density at radius 3 is 2.19 bits per heavy atom. The zero-order valence-corrected chi connectivity index (χ0v) is 11.3. The fourth-order valence-corrected chi connectivity index (χ4v) is 2.53. The molecule has 1 heteroatoms. The highest BCUT2D eigenvalue weighted by atomic mass is 14.9. The molecule has 0 heterocycles. The van der Waals surface area contributed by atoms with E-state index in [2.05, 4.69) is 58.3 Å². The Bertz CT molecular complexity index is 306. The van der Waals surface area contributed by atoms with Crippen molar-refractivity contribution in [3.8, 4) is 0 Å². The third-order valence-corrected chi connectivity index (χ3v) is 3.67. The zero-order chi connectivity index (χ0) is 12.1. The summed E-state index contributed by atoms with van der Waals surface area (Å²) in [6, 6.07) is 7.21. The van der Waals surface area contributed by atoms with Crippen LogP contribution in [0, 0.1) is 19.8 Å². The predicted molar refractivity (Wildman–Crippen MR) is 71.9 cm³/mol. The standard InChI is InChI=1S/C15H25N/c1-6-15(16-5)13(4)10-14-11(2)8-7-9-12(14)3/h7-9,13,15-16H,6,10H2,1-5H3. The van der Waals surface area contributed by atoms with Gasteiger partial charge in [-0.3, -0.25) is 0 Å². The van der Waals surface area contributed by atoms with Crippen LogP contribution in [0.5, 0.6) is 0 Å². The second kappa shape index (κ2) is 6.05. The summed E-state index contributed by atoms with van der Waals surface area (Å²) in [7, 11) is 2.06. The molecule has 90 valence electrons. The average Bonchev–Trinajstić information content (AvgIpc) is 2.25. The highest BCUT2D eigenvalue weighted by Gasteiger charge is 2.15. The monoisotopic (exact) mass is 219 g/mol. The molecule has 1 nitrogen and oxygen atoms in total. The summed E-state index contributed by atoms with van der Waals surface area (Å²) in [5.74, 6) is 0.690. The van der Waals surface area contributed by atoms with Crippen LogP contribution in [0.2, 0.25) is 0 Å². The Hall–Kier alpha value is -0.820. The molecule has 2 unspecified atom stereocenters. The van der Waals surface area contributed by atoms with E-state index in [0.29, 0.717) is 12.0 Å². The van der Waals surface area contributed by atoms with Crippen LogP contribution in [-0.4, -0.2) is 13.1 Å². The van der Waals surface area contributed by atoms with E-state index in [-0.39, 0.29) is 0 Å². The Balaban J connectivity index is 2.80. The third kappa shape index (κ3) is 3.08. The fraction of sp³-hybridized carbons (Fsp3) is 0.600. The normalized spacial score (nSPS) is 14.8. The smallest absolute Gasteiger partial charge is 0.00902 e. The van der Waals surface area contributed by atoms with Gasteiger partial charge in [0.2, 0.25) is 0 Å². The topological polar surface area (TPSA) is 12.0 Å². The number of aryl methyl sites for hydroxylation is 2. The van der Waals surface area contributed by atoms with Crippen LogP contribution in [0.15, 0.2) is 18.2 Å². The minimum absolute atomic E-state index is 0.624. The Morgan fingerprint density at radius 2 is 1.75 bits per heavy atom. The molecule has 0 aliphatic carbocycles. The SMILES string of the molecule is CCC(NC)C(C)Cc1c(C)cccc1C. The van der Waals surface area contributed by atoms with Crippen molar-refractivity contribution in [3.63, 3.8) is 0 Å². The molecule has 0 amide bonds. The van der Waals surface area contributed by atoms with Crippen molar-refractivity contribution < 1.29 is 0 Å². The van der Waals surface area contributed by atoms with Crippen molar-refractivity contribution in [2.24, 2.45) is 5.92 Å². The molecular weight excluding hydrogens is 194 g/mol. The number of hydrogen-bond donors (Lipinski definition) is 1. The minimum atomic E-state index is 0.624. The molecule has 2 atom stereocenters. The largest absolute Gasteiger partial charge is 0.317 e. The lowest BCUT2D eigenvalue weighted by Gasteiger charge is -2.23. The lowest BCUT2D eigenvalue weighted by molar-refractivity contribution is 0.386. The summed E-state index contributed by atoms with van der Waals surface area (Å²) >= 11 is 0. The van der Waals surface area contributed by atoms with Crippen LogP contribution in [0.25, 0.3) is 0 Å². The Morgan fingerprint density at radius 1 is 1.19 bits per heavy atom. The van der Waals surface area contributed by atoms with Crippen molar-refractivity contribution >= 4 is 0 Å². The van der Waals surface area contributed by atoms with E-state index >= 15 is 0 Å². The molecule has 0 saturated carbocycles. The van der Waals surface area contributed by atoms with Crippen LogP contribution >= 0.6 is 0 Å². The van der Waals surface area contributed by atoms with Gasteiger partial charge in [-0.15, -0.1) is 0 Å². The molecule has 1 rings (SSSR count). The van der Waals surface area contributed by atoms with Gasteiger partial charge in [-0.25, -0.2) is 0 Å². The lowest BCUT2D eigenvalue weighted by Crippen LogP contribution is -2.32. The number of rotatable bonds is 5. The van der Waals surface area contributed by atoms with Crippen molar-refractivity contribution in [1.29, 1.82) is 0 Å². The van der Waals surface area contributed by atoms with Crippen LogP contribution in [0.3, 0.4) is 0 Å². The Labute approximate surface area is 100 Å². The fourth-order valence-electron chi connectivity index (χ4n) is 2.53. The predicted octanol–water partition coefficient (Wildman–Crippen LogP) is 3.48. The van der Waals surface area contributed by atoms with Gasteiger partial charge in [-0.1, -0.05) is 32.0 Å². The summed E-state index contributed by atoms with van der Waals surface area (Å²) in [6.07, 6.45) is 2.38. The summed E-state index contributed by atoms with van der Waals surface area (Å²) in [4.78, 5) is 0. The van der Waals surface area contributed by atoms with Gasteiger partial charge in [0.1, 0.15) is 0 Å². The van der Waals surface area contributed by atoms with E-state index in [4.69, 9.17) is 0 Å². The Kier molecular flexibility index (Phi) is 5.01. The quantitative estimate of drug-likeness (QED) is 0.799. The van der Waals surface area contributed by atoms with Crippen LogP contribution in [-0.2, 0) is 6.42 Å². The molecule has 0 aliphatic heterocycles. The van der Waals surface area contributed by atoms with Gasteiger partial charge < -0.3 is 5.32 Å².